The Morgan fingerprint density at radius 1 is 1.10 bits per heavy atom. The first kappa shape index (κ1) is 19.6. The minimum absolute atomic E-state index is 0. The maximum absolute atomic E-state index is 4.86. The zero-order valence-corrected chi connectivity index (χ0v) is 17.5. The third-order valence-corrected chi connectivity index (χ3v) is 5.66. The minimum atomic E-state index is 0. The second kappa shape index (κ2) is 8.05. The number of aromatic nitrogens is 7. The first-order chi connectivity index (χ1) is 14.8. The molecule has 5 aromatic rings. The van der Waals surface area contributed by atoms with Crippen molar-refractivity contribution in [3.63, 3.8) is 0 Å². The normalized spacial score (nSPS) is 16.1. The molecule has 31 heavy (non-hydrogen) atoms. The van der Waals surface area contributed by atoms with E-state index in [0.29, 0.717) is 12.6 Å². The Morgan fingerprint density at radius 2 is 2.03 bits per heavy atom. The second-order valence-corrected chi connectivity index (χ2v) is 7.67. The van der Waals surface area contributed by atoms with E-state index in [2.05, 4.69) is 50.1 Å². The summed E-state index contributed by atoms with van der Waals surface area (Å²) in [5.41, 5.74) is 5.57. The van der Waals surface area contributed by atoms with Gasteiger partial charge in [0.1, 0.15) is 5.52 Å². The van der Waals surface area contributed by atoms with Gasteiger partial charge in [0.2, 0.25) is 0 Å². The summed E-state index contributed by atoms with van der Waals surface area (Å²) >= 11 is 0. The van der Waals surface area contributed by atoms with Crippen LogP contribution in [0.15, 0.2) is 61.1 Å². The molecular formula is C22H21ClN8. The molecular weight excluding hydrogens is 412 g/mol. The number of fused-ring (bicyclic) bond motifs is 2. The van der Waals surface area contributed by atoms with E-state index in [-0.39, 0.29) is 12.4 Å². The van der Waals surface area contributed by atoms with Crippen LogP contribution in [-0.2, 0) is 6.54 Å². The average Bonchev–Trinajstić information content (AvgIpc) is 3.54. The highest BCUT2D eigenvalue weighted by atomic mass is 35.5. The Balaban J connectivity index is 0.00000204. The van der Waals surface area contributed by atoms with Crippen molar-refractivity contribution in [2.24, 2.45) is 0 Å². The van der Waals surface area contributed by atoms with Gasteiger partial charge in [0.25, 0.3) is 0 Å². The van der Waals surface area contributed by atoms with Crippen LogP contribution in [0.4, 0.5) is 0 Å². The number of pyridine rings is 2. The van der Waals surface area contributed by atoms with Gasteiger partial charge in [0.15, 0.2) is 5.65 Å². The highest BCUT2D eigenvalue weighted by molar-refractivity contribution is 5.85. The molecule has 1 unspecified atom stereocenters. The van der Waals surface area contributed by atoms with Crippen molar-refractivity contribution < 1.29 is 0 Å². The maximum atomic E-state index is 4.86. The van der Waals surface area contributed by atoms with E-state index in [1.165, 1.54) is 0 Å². The average molecular weight is 433 g/mol. The SMILES string of the molecule is Cl.c1cnc2ccc(Cn3nnc4ccc(-c5cnn(C6CCNC6)c5)nc43)cc2c1. The van der Waals surface area contributed by atoms with E-state index < -0.39 is 0 Å². The van der Waals surface area contributed by atoms with Gasteiger partial charge in [-0.1, -0.05) is 17.3 Å². The van der Waals surface area contributed by atoms with E-state index in [9.17, 15) is 0 Å². The van der Waals surface area contributed by atoms with Crippen molar-refractivity contribution in [2.45, 2.75) is 19.0 Å². The molecule has 8 nitrogen and oxygen atoms in total. The summed E-state index contributed by atoms with van der Waals surface area (Å²) in [6, 6.07) is 14.6. The number of hydrogen-bond acceptors (Lipinski definition) is 6. The lowest BCUT2D eigenvalue weighted by atomic mass is 10.1. The van der Waals surface area contributed by atoms with Gasteiger partial charge in [-0.3, -0.25) is 9.67 Å². The summed E-state index contributed by atoms with van der Waals surface area (Å²) in [6.07, 6.45) is 6.88. The Morgan fingerprint density at radius 3 is 2.94 bits per heavy atom. The number of halogens is 1. The molecule has 0 saturated carbocycles. The predicted molar refractivity (Wildman–Crippen MR) is 121 cm³/mol. The van der Waals surface area contributed by atoms with E-state index in [0.717, 1.165) is 58.4 Å². The third kappa shape index (κ3) is 3.64. The number of hydrogen-bond donors (Lipinski definition) is 1. The molecule has 9 heteroatoms. The Labute approximate surface area is 184 Å². The number of benzene rings is 1. The number of rotatable bonds is 4. The van der Waals surface area contributed by atoms with Crippen LogP contribution in [0.3, 0.4) is 0 Å². The molecule has 1 atom stereocenters. The molecule has 0 amide bonds. The van der Waals surface area contributed by atoms with Crippen molar-refractivity contribution in [3.8, 4) is 11.3 Å². The topological polar surface area (TPSA) is 86.3 Å². The molecule has 156 valence electrons. The number of nitrogens with zero attached hydrogens (tertiary/aromatic N) is 7. The van der Waals surface area contributed by atoms with Gasteiger partial charge >= 0.3 is 0 Å². The molecule has 0 bridgehead atoms. The quantitative estimate of drug-likeness (QED) is 0.469. The Bertz CT molecular complexity index is 1350. The summed E-state index contributed by atoms with van der Waals surface area (Å²) < 4.78 is 3.89. The molecule has 1 saturated heterocycles. The highest BCUT2D eigenvalue weighted by Gasteiger charge is 2.18. The zero-order chi connectivity index (χ0) is 19.9. The largest absolute Gasteiger partial charge is 0.315 e. The standard InChI is InChI=1S/C22H20N8.ClH/c1-2-16-10-15(3-4-19(16)24-8-1)13-30-22-21(27-28-30)6-5-20(26-22)17-11-25-29(14-17)18-7-9-23-12-18;/h1-6,8,10-11,14,18,23H,7,9,12-13H2;1H. The lowest BCUT2D eigenvalue weighted by Gasteiger charge is -2.07. The zero-order valence-electron chi connectivity index (χ0n) is 16.7. The van der Waals surface area contributed by atoms with Crippen LogP contribution < -0.4 is 5.32 Å². The molecule has 1 fully saturated rings. The Hall–Kier alpha value is -3.36. The molecule has 1 aliphatic heterocycles. The maximum Gasteiger partial charge on any atom is 0.179 e. The molecule has 4 aromatic heterocycles. The minimum Gasteiger partial charge on any atom is -0.315 e. The molecule has 1 aliphatic rings. The lowest BCUT2D eigenvalue weighted by molar-refractivity contribution is 0.491. The summed E-state index contributed by atoms with van der Waals surface area (Å²) in [6.45, 7) is 2.61. The Kier molecular flexibility index (Phi) is 5.09. The van der Waals surface area contributed by atoms with Crippen LogP contribution in [-0.4, -0.2) is 47.8 Å². The van der Waals surface area contributed by atoms with Gasteiger partial charge in [0, 0.05) is 29.9 Å². The van der Waals surface area contributed by atoms with Crippen LogP contribution >= 0.6 is 12.4 Å². The monoisotopic (exact) mass is 432 g/mol. The molecule has 5 heterocycles. The van der Waals surface area contributed by atoms with Gasteiger partial charge in [0.05, 0.1) is 30.0 Å². The van der Waals surface area contributed by atoms with Gasteiger partial charge < -0.3 is 5.32 Å². The van der Waals surface area contributed by atoms with Crippen LogP contribution in [0.1, 0.15) is 18.0 Å². The van der Waals surface area contributed by atoms with Gasteiger partial charge in [-0.05, 0) is 48.9 Å². The fourth-order valence-corrected chi connectivity index (χ4v) is 4.05. The summed E-state index contributed by atoms with van der Waals surface area (Å²) in [4.78, 5) is 9.25. The van der Waals surface area contributed by atoms with Crippen molar-refractivity contribution in [1.29, 1.82) is 0 Å². The fourth-order valence-electron chi connectivity index (χ4n) is 4.05. The van der Waals surface area contributed by atoms with Gasteiger partial charge in [-0.2, -0.15) is 5.10 Å². The van der Waals surface area contributed by atoms with E-state index in [4.69, 9.17) is 4.98 Å². The molecule has 0 aliphatic carbocycles. The van der Waals surface area contributed by atoms with Gasteiger partial charge in [-0.15, -0.1) is 17.5 Å². The third-order valence-electron chi connectivity index (χ3n) is 5.66. The van der Waals surface area contributed by atoms with Crippen molar-refractivity contribution >= 4 is 34.5 Å². The second-order valence-electron chi connectivity index (χ2n) is 7.67. The molecule has 0 radical (unpaired) electrons. The van der Waals surface area contributed by atoms with Crippen LogP contribution in [0.2, 0.25) is 0 Å². The molecule has 1 N–H and O–H groups in total. The summed E-state index contributed by atoms with van der Waals surface area (Å²) in [5.74, 6) is 0. The molecule has 0 spiro atoms. The summed E-state index contributed by atoms with van der Waals surface area (Å²) in [7, 11) is 0. The number of nitrogens with one attached hydrogen (secondary N) is 1. The van der Waals surface area contributed by atoms with Crippen LogP contribution in [0.25, 0.3) is 33.3 Å². The first-order valence-corrected chi connectivity index (χ1v) is 10.1. The fraction of sp³-hybridized carbons (Fsp3) is 0.227. The predicted octanol–water partition coefficient (Wildman–Crippen LogP) is 3.24. The lowest BCUT2D eigenvalue weighted by Crippen LogP contribution is -2.13. The van der Waals surface area contributed by atoms with Crippen molar-refractivity contribution in [2.75, 3.05) is 13.1 Å². The van der Waals surface area contributed by atoms with Crippen LogP contribution in [0.5, 0.6) is 0 Å². The molecule has 6 rings (SSSR count). The van der Waals surface area contributed by atoms with Crippen LogP contribution in [0, 0.1) is 0 Å². The van der Waals surface area contributed by atoms with E-state index in [1.54, 1.807) is 0 Å². The molecule has 1 aromatic carbocycles. The highest BCUT2D eigenvalue weighted by Crippen LogP contribution is 2.23. The van der Waals surface area contributed by atoms with E-state index >= 15 is 0 Å². The van der Waals surface area contributed by atoms with Gasteiger partial charge in [-0.25, -0.2) is 9.67 Å². The van der Waals surface area contributed by atoms with E-state index in [1.807, 2.05) is 46.0 Å². The summed E-state index contributed by atoms with van der Waals surface area (Å²) in [5, 5.41) is 17.7. The van der Waals surface area contributed by atoms with Crippen molar-refractivity contribution in [1.82, 2.24) is 40.1 Å². The van der Waals surface area contributed by atoms with Crippen molar-refractivity contribution in [3.05, 3.63) is 66.6 Å². The first-order valence-electron chi connectivity index (χ1n) is 10.1. The smallest absolute Gasteiger partial charge is 0.179 e.